The highest BCUT2D eigenvalue weighted by Crippen LogP contribution is 2.52. The van der Waals surface area contributed by atoms with Crippen molar-refractivity contribution in [1.82, 2.24) is 15.2 Å². The Morgan fingerprint density at radius 3 is 2.86 bits per heavy atom. The summed E-state index contributed by atoms with van der Waals surface area (Å²) in [4.78, 5) is 18.5. The Bertz CT molecular complexity index is 694. The molecule has 1 saturated carbocycles. The molecule has 2 aliphatic rings. The first kappa shape index (κ1) is 13.3. The summed E-state index contributed by atoms with van der Waals surface area (Å²) in [6, 6.07) is 12.4. The van der Waals surface area contributed by atoms with Crippen molar-refractivity contribution in [3.8, 4) is 0 Å². The molecule has 0 unspecified atom stereocenters. The monoisotopic (exact) mass is 293 g/mol. The van der Waals surface area contributed by atoms with E-state index in [4.69, 9.17) is 0 Å². The summed E-state index contributed by atoms with van der Waals surface area (Å²) in [6.07, 6.45) is 5.91. The lowest BCUT2D eigenvalue weighted by atomic mass is 9.87. The van der Waals surface area contributed by atoms with Crippen LogP contribution in [0, 0.1) is 0 Å². The van der Waals surface area contributed by atoms with Crippen LogP contribution < -0.4 is 5.32 Å². The van der Waals surface area contributed by atoms with Crippen molar-refractivity contribution >= 4 is 6.03 Å². The molecule has 2 amide bonds. The van der Waals surface area contributed by atoms with Crippen LogP contribution in [0.1, 0.15) is 29.5 Å². The first-order valence-corrected chi connectivity index (χ1v) is 7.77. The highest BCUT2D eigenvalue weighted by Gasteiger charge is 2.49. The van der Waals surface area contributed by atoms with E-state index in [2.05, 4.69) is 34.6 Å². The summed E-state index contributed by atoms with van der Waals surface area (Å²) in [6.45, 7) is 2.07. The van der Waals surface area contributed by atoms with E-state index in [-0.39, 0.29) is 11.4 Å². The number of aromatic nitrogens is 1. The molecule has 22 heavy (non-hydrogen) atoms. The molecule has 1 spiro atoms. The summed E-state index contributed by atoms with van der Waals surface area (Å²) in [5.41, 5.74) is 3.99. The van der Waals surface area contributed by atoms with Crippen molar-refractivity contribution < 1.29 is 4.79 Å². The zero-order valence-corrected chi connectivity index (χ0v) is 12.5. The van der Waals surface area contributed by atoms with Crippen molar-refractivity contribution in [1.29, 1.82) is 0 Å². The van der Waals surface area contributed by atoms with E-state index in [1.807, 2.05) is 17.0 Å². The van der Waals surface area contributed by atoms with Crippen LogP contribution in [-0.2, 0) is 18.5 Å². The summed E-state index contributed by atoms with van der Waals surface area (Å²) in [5.74, 6) is 0. The number of hydrogen-bond acceptors (Lipinski definition) is 2. The first-order chi connectivity index (χ1) is 10.8. The molecule has 2 heterocycles. The average Bonchev–Trinajstić information content (AvgIpc) is 3.33. The second-order valence-electron chi connectivity index (χ2n) is 6.31. The Morgan fingerprint density at radius 1 is 1.23 bits per heavy atom. The van der Waals surface area contributed by atoms with Crippen molar-refractivity contribution in [3.63, 3.8) is 0 Å². The molecule has 1 aliphatic carbocycles. The molecule has 0 radical (unpaired) electrons. The highest BCUT2D eigenvalue weighted by atomic mass is 16.2. The lowest BCUT2D eigenvalue weighted by molar-refractivity contribution is 0.183. The normalized spacial score (nSPS) is 17.9. The molecule has 112 valence electrons. The Morgan fingerprint density at radius 2 is 2.09 bits per heavy atom. The molecule has 0 saturated heterocycles. The number of pyridine rings is 1. The third-order valence-electron chi connectivity index (χ3n) is 4.75. The van der Waals surface area contributed by atoms with Gasteiger partial charge in [-0.05, 0) is 35.6 Å². The van der Waals surface area contributed by atoms with Gasteiger partial charge in [-0.25, -0.2) is 4.79 Å². The standard InChI is InChI=1S/C18H19N3O/c22-17(20-11-14-4-3-9-19-10-14)21-12-15-5-1-2-6-16(15)18(13-21)7-8-18/h1-6,9-10H,7-8,11-13H2,(H,20,22). The third kappa shape index (κ3) is 2.34. The van der Waals surface area contributed by atoms with Crippen molar-refractivity contribution in [2.75, 3.05) is 6.54 Å². The number of urea groups is 1. The van der Waals surface area contributed by atoms with Gasteiger partial charge in [0, 0.05) is 37.4 Å². The molecule has 1 N–H and O–H groups in total. The Labute approximate surface area is 130 Å². The molecule has 2 aromatic rings. The lowest BCUT2D eigenvalue weighted by Crippen LogP contribution is -2.46. The van der Waals surface area contributed by atoms with Gasteiger partial charge in [0.15, 0.2) is 0 Å². The summed E-state index contributed by atoms with van der Waals surface area (Å²) >= 11 is 0. The van der Waals surface area contributed by atoms with Gasteiger partial charge in [0.2, 0.25) is 0 Å². The predicted octanol–water partition coefficient (Wildman–Crippen LogP) is 2.84. The first-order valence-electron chi connectivity index (χ1n) is 7.77. The molecule has 1 fully saturated rings. The van der Waals surface area contributed by atoms with Crippen LogP contribution >= 0.6 is 0 Å². The van der Waals surface area contributed by atoms with Gasteiger partial charge in [0.25, 0.3) is 0 Å². The van der Waals surface area contributed by atoms with Gasteiger partial charge in [-0.15, -0.1) is 0 Å². The average molecular weight is 293 g/mol. The summed E-state index contributed by atoms with van der Waals surface area (Å²) in [7, 11) is 0. The van der Waals surface area contributed by atoms with Gasteiger partial charge in [0.05, 0.1) is 0 Å². The predicted molar refractivity (Wildman–Crippen MR) is 84.2 cm³/mol. The van der Waals surface area contributed by atoms with Gasteiger partial charge in [-0.2, -0.15) is 0 Å². The second kappa shape index (κ2) is 5.13. The molecule has 0 atom stereocenters. The van der Waals surface area contributed by atoms with E-state index < -0.39 is 0 Å². The minimum Gasteiger partial charge on any atom is -0.334 e. The van der Waals surface area contributed by atoms with E-state index in [9.17, 15) is 4.79 Å². The number of fused-ring (bicyclic) bond motifs is 2. The second-order valence-corrected chi connectivity index (χ2v) is 6.31. The van der Waals surface area contributed by atoms with Crippen LogP contribution in [0.25, 0.3) is 0 Å². The largest absolute Gasteiger partial charge is 0.334 e. The highest BCUT2D eigenvalue weighted by molar-refractivity contribution is 5.75. The van der Waals surface area contributed by atoms with Crippen LogP contribution in [0.4, 0.5) is 4.79 Å². The van der Waals surface area contributed by atoms with Crippen molar-refractivity contribution in [2.45, 2.75) is 31.3 Å². The molecule has 1 aromatic carbocycles. The smallest absolute Gasteiger partial charge is 0.317 e. The van der Waals surface area contributed by atoms with Crippen molar-refractivity contribution in [3.05, 3.63) is 65.5 Å². The minimum atomic E-state index is 0.0182. The zero-order valence-electron chi connectivity index (χ0n) is 12.5. The zero-order chi connectivity index (χ0) is 15.0. The number of amides is 2. The topological polar surface area (TPSA) is 45.2 Å². The molecule has 1 aromatic heterocycles. The molecule has 4 rings (SSSR count). The maximum atomic E-state index is 12.5. The number of hydrogen-bond donors (Lipinski definition) is 1. The Hall–Kier alpha value is -2.36. The lowest BCUT2D eigenvalue weighted by Gasteiger charge is -2.35. The SMILES string of the molecule is O=C(NCc1cccnc1)N1Cc2ccccc2C2(CC2)C1. The fraction of sp³-hybridized carbons (Fsp3) is 0.333. The molecular weight excluding hydrogens is 274 g/mol. The fourth-order valence-corrected chi connectivity index (χ4v) is 3.40. The van der Waals surface area contributed by atoms with E-state index >= 15 is 0 Å². The number of carbonyl (C=O) groups is 1. The molecule has 4 nitrogen and oxygen atoms in total. The van der Waals surface area contributed by atoms with Crippen LogP contribution in [0.5, 0.6) is 0 Å². The fourth-order valence-electron chi connectivity index (χ4n) is 3.40. The quantitative estimate of drug-likeness (QED) is 0.925. The minimum absolute atomic E-state index is 0.0182. The Kier molecular flexibility index (Phi) is 3.10. The molecule has 0 bridgehead atoms. The van der Waals surface area contributed by atoms with Gasteiger partial charge >= 0.3 is 6.03 Å². The van der Waals surface area contributed by atoms with Crippen LogP contribution in [0.2, 0.25) is 0 Å². The van der Waals surface area contributed by atoms with Crippen molar-refractivity contribution in [2.24, 2.45) is 0 Å². The number of benzene rings is 1. The van der Waals surface area contributed by atoms with Crippen LogP contribution in [0.3, 0.4) is 0 Å². The number of rotatable bonds is 2. The third-order valence-corrected chi connectivity index (χ3v) is 4.75. The van der Waals surface area contributed by atoms with Gasteiger partial charge in [0.1, 0.15) is 0 Å². The number of nitrogens with one attached hydrogen (secondary N) is 1. The molecular formula is C18H19N3O. The molecule has 1 aliphatic heterocycles. The van der Waals surface area contributed by atoms with E-state index in [0.29, 0.717) is 13.1 Å². The van der Waals surface area contributed by atoms with Gasteiger partial charge in [-0.3, -0.25) is 4.98 Å². The Balaban J connectivity index is 1.47. The van der Waals surface area contributed by atoms with E-state index in [1.165, 1.54) is 24.0 Å². The number of carbonyl (C=O) groups excluding carboxylic acids is 1. The van der Waals surface area contributed by atoms with Crippen LogP contribution in [-0.4, -0.2) is 22.5 Å². The van der Waals surface area contributed by atoms with Crippen LogP contribution in [0.15, 0.2) is 48.8 Å². The van der Waals surface area contributed by atoms with Gasteiger partial charge < -0.3 is 10.2 Å². The van der Waals surface area contributed by atoms with E-state index in [1.54, 1.807) is 12.4 Å². The molecule has 4 heteroatoms. The maximum absolute atomic E-state index is 12.5. The van der Waals surface area contributed by atoms with Gasteiger partial charge in [-0.1, -0.05) is 30.3 Å². The van der Waals surface area contributed by atoms with E-state index in [0.717, 1.165) is 12.1 Å². The summed E-state index contributed by atoms with van der Waals surface area (Å²) in [5, 5.41) is 3.01. The maximum Gasteiger partial charge on any atom is 0.317 e. The summed E-state index contributed by atoms with van der Waals surface area (Å²) < 4.78 is 0. The number of nitrogens with zero attached hydrogens (tertiary/aromatic N) is 2.